The van der Waals surface area contributed by atoms with Crippen molar-refractivity contribution in [3.05, 3.63) is 29.8 Å². The number of amides is 1. The topological polar surface area (TPSA) is 58.4 Å². The molecule has 0 radical (unpaired) electrons. The van der Waals surface area contributed by atoms with Crippen LogP contribution in [-0.2, 0) is 11.2 Å². The number of nitrogen functional groups attached to an aromatic ring is 1. The number of nitrogens with zero attached hydrogens (tertiary/aromatic N) is 1. The first-order chi connectivity index (χ1) is 9.16. The van der Waals surface area contributed by atoms with Crippen LogP contribution in [0.15, 0.2) is 24.3 Å². The van der Waals surface area contributed by atoms with Gasteiger partial charge in [0, 0.05) is 24.7 Å². The standard InChI is InChI=1S/C15H23N3O/c1-18-10-4-6-13(18)11-17-15(19)9-8-12-5-2-3-7-14(12)16/h2-3,5,7,13H,4,6,8-11,16H2,1H3,(H,17,19). The van der Waals surface area contributed by atoms with E-state index in [-0.39, 0.29) is 5.91 Å². The van der Waals surface area contributed by atoms with E-state index in [1.165, 1.54) is 12.8 Å². The average Bonchev–Trinajstić information content (AvgIpc) is 2.81. The highest BCUT2D eigenvalue weighted by atomic mass is 16.1. The fraction of sp³-hybridized carbons (Fsp3) is 0.533. The van der Waals surface area contributed by atoms with Crippen LogP contribution in [0.5, 0.6) is 0 Å². The summed E-state index contributed by atoms with van der Waals surface area (Å²) in [6.45, 7) is 1.90. The van der Waals surface area contributed by atoms with Gasteiger partial charge in [0.05, 0.1) is 0 Å². The number of hydrogen-bond acceptors (Lipinski definition) is 3. The number of carbonyl (C=O) groups excluding carboxylic acids is 1. The van der Waals surface area contributed by atoms with Crippen molar-refractivity contribution in [1.82, 2.24) is 10.2 Å². The van der Waals surface area contributed by atoms with E-state index in [1.54, 1.807) is 0 Å². The van der Waals surface area contributed by atoms with Gasteiger partial charge in [-0.1, -0.05) is 18.2 Å². The Morgan fingerprint density at radius 1 is 1.47 bits per heavy atom. The molecule has 19 heavy (non-hydrogen) atoms. The van der Waals surface area contributed by atoms with Crippen molar-refractivity contribution in [1.29, 1.82) is 0 Å². The van der Waals surface area contributed by atoms with Gasteiger partial charge < -0.3 is 16.0 Å². The van der Waals surface area contributed by atoms with Gasteiger partial charge in [0.1, 0.15) is 0 Å². The van der Waals surface area contributed by atoms with Crippen LogP contribution < -0.4 is 11.1 Å². The molecule has 1 heterocycles. The Balaban J connectivity index is 1.71. The number of para-hydroxylation sites is 1. The molecule has 1 amide bonds. The number of rotatable bonds is 5. The second kappa shape index (κ2) is 6.57. The molecule has 1 atom stereocenters. The fourth-order valence-electron chi connectivity index (χ4n) is 2.57. The summed E-state index contributed by atoms with van der Waals surface area (Å²) in [6, 6.07) is 8.23. The van der Waals surface area contributed by atoms with Gasteiger partial charge in [0.25, 0.3) is 0 Å². The Morgan fingerprint density at radius 3 is 2.95 bits per heavy atom. The van der Waals surface area contributed by atoms with E-state index < -0.39 is 0 Å². The van der Waals surface area contributed by atoms with E-state index in [4.69, 9.17) is 5.73 Å². The molecule has 0 aromatic heterocycles. The van der Waals surface area contributed by atoms with Gasteiger partial charge in [-0.05, 0) is 44.5 Å². The van der Waals surface area contributed by atoms with Crippen molar-refractivity contribution in [2.24, 2.45) is 0 Å². The molecule has 1 unspecified atom stereocenters. The van der Waals surface area contributed by atoms with E-state index in [1.807, 2.05) is 24.3 Å². The predicted octanol–water partition coefficient (Wildman–Crippen LogP) is 1.41. The monoisotopic (exact) mass is 261 g/mol. The lowest BCUT2D eigenvalue weighted by Gasteiger charge is -2.19. The van der Waals surface area contributed by atoms with Gasteiger partial charge in [-0.25, -0.2) is 0 Å². The predicted molar refractivity (Wildman–Crippen MR) is 77.8 cm³/mol. The number of carbonyl (C=O) groups is 1. The van der Waals surface area contributed by atoms with Gasteiger partial charge >= 0.3 is 0 Å². The minimum absolute atomic E-state index is 0.114. The Kier molecular flexibility index (Phi) is 4.80. The van der Waals surface area contributed by atoms with Gasteiger partial charge in [0.2, 0.25) is 5.91 Å². The minimum Gasteiger partial charge on any atom is -0.399 e. The van der Waals surface area contributed by atoms with E-state index >= 15 is 0 Å². The van der Waals surface area contributed by atoms with Crippen LogP contribution in [0.2, 0.25) is 0 Å². The second-order valence-corrected chi connectivity index (χ2v) is 5.28. The first kappa shape index (κ1) is 13.9. The van der Waals surface area contributed by atoms with Gasteiger partial charge in [0.15, 0.2) is 0 Å². The summed E-state index contributed by atoms with van der Waals surface area (Å²) in [7, 11) is 2.12. The molecule has 2 rings (SSSR count). The van der Waals surface area contributed by atoms with Crippen LogP contribution in [0.4, 0.5) is 5.69 Å². The van der Waals surface area contributed by atoms with Crippen LogP contribution in [0.3, 0.4) is 0 Å². The Morgan fingerprint density at radius 2 is 2.26 bits per heavy atom. The van der Waals surface area contributed by atoms with E-state index in [9.17, 15) is 4.79 Å². The molecule has 4 heteroatoms. The van der Waals surface area contributed by atoms with E-state index in [2.05, 4.69) is 17.3 Å². The maximum absolute atomic E-state index is 11.8. The summed E-state index contributed by atoms with van der Waals surface area (Å²) in [5, 5.41) is 3.02. The smallest absolute Gasteiger partial charge is 0.220 e. The molecule has 0 aliphatic carbocycles. The summed E-state index contributed by atoms with van der Waals surface area (Å²) in [6.07, 6.45) is 3.63. The molecule has 0 spiro atoms. The molecular weight excluding hydrogens is 238 g/mol. The van der Waals surface area contributed by atoms with Gasteiger partial charge in [-0.2, -0.15) is 0 Å². The highest BCUT2D eigenvalue weighted by Gasteiger charge is 2.20. The molecule has 3 N–H and O–H groups in total. The normalized spacial score (nSPS) is 19.5. The summed E-state index contributed by atoms with van der Waals surface area (Å²) < 4.78 is 0. The van der Waals surface area contributed by atoms with Crippen molar-refractivity contribution < 1.29 is 4.79 Å². The number of likely N-dealkylation sites (tertiary alicyclic amines) is 1. The average molecular weight is 261 g/mol. The lowest BCUT2D eigenvalue weighted by atomic mass is 10.1. The van der Waals surface area contributed by atoms with Gasteiger partial charge in [-0.15, -0.1) is 0 Å². The molecule has 1 aromatic carbocycles. The zero-order valence-corrected chi connectivity index (χ0v) is 11.6. The number of hydrogen-bond donors (Lipinski definition) is 2. The summed E-state index contributed by atoms with van der Waals surface area (Å²) >= 11 is 0. The molecule has 1 aliphatic rings. The first-order valence-electron chi connectivity index (χ1n) is 6.97. The summed E-state index contributed by atoms with van der Waals surface area (Å²) in [5.41, 5.74) is 7.68. The van der Waals surface area contributed by atoms with Crippen molar-refractivity contribution in [2.75, 3.05) is 25.9 Å². The Bertz CT molecular complexity index is 433. The first-order valence-corrected chi connectivity index (χ1v) is 6.97. The van der Waals surface area contributed by atoms with E-state index in [0.29, 0.717) is 18.9 Å². The SMILES string of the molecule is CN1CCCC1CNC(=O)CCc1ccccc1N. The second-order valence-electron chi connectivity index (χ2n) is 5.28. The molecule has 0 saturated carbocycles. The van der Waals surface area contributed by atoms with Crippen molar-refractivity contribution in [2.45, 2.75) is 31.7 Å². The summed E-state index contributed by atoms with van der Waals surface area (Å²) in [5.74, 6) is 0.114. The minimum atomic E-state index is 0.114. The number of nitrogens with two attached hydrogens (primary N) is 1. The van der Waals surface area contributed by atoms with Crippen molar-refractivity contribution in [3.63, 3.8) is 0 Å². The number of benzene rings is 1. The Hall–Kier alpha value is -1.55. The number of nitrogens with one attached hydrogen (secondary N) is 1. The maximum Gasteiger partial charge on any atom is 0.220 e. The number of aryl methyl sites for hydroxylation is 1. The quantitative estimate of drug-likeness (QED) is 0.788. The number of likely N-dealkylation sites (N-methyl/N-ethyl adjacent to an activating group) is 1. The largest absolute Gasteiger partial charge is 0.399 e. The molecule has 0 bridgehead atoms. The van der Waals surface area contributed by atoms with Gasteiger partial charge in [-0.3, -0.25) is 4.79 Å². The van der Waals surface area contributed by atoms with Crippen molar-refractivity contribution in [3.8, 4) is 0 Å². The number of anilines is 1. The lowest BCUT2D eigenvalue weighted by Crippen LogP contribution is -2.38. The van der Waals surface area contributed by atoms with Crippen LogP contribution in [-0.4, -0.2) is 37.0 Å². The highest BCUT2D eigenvalue weighted by molar-refractivity contribution is 5.76. The van der Waals surface area contributed by atoms with Crippen LogP contribution in [0, 0.1) is 0 Å². The van der Waals surface area contributed by atoms with Crippen LogP contribution >= 0.6 is 0 Å². The molecule has 1 saturated heterocycles. The lowest BCUT2D eigenvalue weighted by molar-refractivity contribution is -0.121. The zero-order chi connectivity index (χ0) is 13.7. The molecular formula is C15H23N3O. The fourth-order valence-corrected chi connectivity index (χ4v) is 2.57. The van der Waals surface area contributed by atoms with Crippen LogP contribution in [0.25, 0.3) is 0 Å². The molecule has 4 nitrogen and oxygen atoms in total. The molecule has 1 fully saturated rings. The maximum atomic E-state index is 11.8. The third-order valence-electron chi connectivity index (χ3n) is 3.88. The molecule has 1 aromatic rings. The third-order valence-corrected chi connectivity index (χ3v) is 3.88. The zero-order valence-electron chi connectivity index (χ0n) is 11.6. The Labute approximate surface area is 115 Å². The van der Waals surface area contributed by atoms with Crippen LogP contribution in [0.1, 0.15) is 24.8 Å². The third kappa shape index (κ3) is 3.96. The molecule has 1 aliphatic heterocycles. The highest BCUT2D eigenvalue weighted by Crippen LogP contribution is 2.14. The molecule has 104 valence electrons. The summed E-state index contributed by atoms with van der Waals surface area (Å²) in [4.78, 5) is 14.1. The van der Waals surface area contributed by atoms with E-state index in [0.717, 1.165) is 24.3 Å². The van der Waals surface area contributed by atoms with Crippen molar-refractivity contribution >= 4 is 11.6 Å².